The van der Waals surface area contributed by atoms with Crippen LogP contribution < -0.4 is 5.73 Å². The number of hydrogen-bond acceptors (Lipinski definition) is 3. The number of carbonyl (C=O) groups excluding carboxylic acids is 1. The Balaban J connectivity index is 1.96. The zero-order valence-corrected chi connectivity index (χ0v) is 10.7. The molecule has 1 atom stereocenters. The van der Waals surface area contributed by atoms with Crippen LogP contribution in [0.2, 0.25) is 0 Å². The normalized spacial score (nSPS) is 36.4. The van der Waals surface area contributed by atoms with E-state index in [2.05, 4.69) is 0 Å². The van der Waals surface area contributed by atoms with E-state index in [1.165, 1.54) is 0 Å². The molecule has 0 aromatic rings. The molecule has 3 fully saturated rings. The highest BCUT2D eigenvalue weighted by Crippen LogP contribution is 2.79. The van der Waals surface area contributed by atoms with Gasteiger partial charge in [0.2, 0.25) is 0 Å². The van der Waals surface area contributed by atoms with E-state index in [4.69, 9.17) is 10.5 Å². The number of nitrogens with two attached hydrogens (primary N) is 1. The summed E-state index contributed by atoms with van der Waals surface area (Å²) in [4.78, 5) is 11.7. The summed E-state index contributed by atoms with van der Waals surface area (Å²) in [6.07, 6.45) is -4.29. The molecule has 18 heavy (non-hydrogen) atoms. The van der Waals surface area contributed by atoms with Crippen LogP contribution in [0.4, 0.5) is 13.2 Å². The maximum Gasteiger partial charge on any atom is 0.394 e. The van der Waals surface area contributed by atoms with E-state index in [1.807, 2.05) is 0 Å². The number of halogens is 3. The molecule has 0 heterocycles. The summed E-state index contributed by atoms with van der Waals surface area (Å²) in [5, 5.41) is 0. The van der Waals surface area contributed by atoms with Gasteiger partial charge in [-0.15, -0.1) is 0 Å². The number of ether oxygens (including phenoxy) is 1. The summed E-state index contributed by atoms with van der Waals surface area (Å²) >= 11 is 0. The molecule has 0 aliphatic heterocycles. The highest BCUT2D eigenvalue weighted by Gasteiger charge is 2.80. The molecule has 3 saturated carbocycles. The second-order valence-electron chi connectivity index (χ2n) is 6.68. The summed E-state index contributed by atoms with van der Waals surface area (Å²) < 4.78 is 43.1. The van der Waals surface area contributed by atoms with Crippen LogP contribution in [0.1, 0.15) is 40.0 Å². The van der Waals surface area contributed by atoms with E-state index in [-0.39, 0.29) is 19.3 Å². The first-order valence-corrected chi connectivity index (χ1v) is 5.96. The van der Waals surface area contributed by atoms with Crippen LogP contribution in [0.3, 0.4) is 0 Å². The molecular weight excluding hydrogens is 247 g/mol. The monoisotopic (exact) mass is 265 g/mol. The Labute approximate surface area is 104 Å². The summed E-state index contributed by atoms with van der Waals surface area (Å²) in [5.74, 6) is -0.599. The van der Waals surface area contributed by atoms with Crippen molar-refractivity contribution in [1.29, 1.82) is 0 Å². The second-order valence-corrected chi connectivity index (χ2v) is 6.68. The zero-order chi connectivity index (χ0) is 14.0. The molecule has 104 valence electrons. The molecule has 0 aromatic heterocycles. The fourth-order valence-corrected chi connectivity index (χ4v) is 3.11. The molecule has 0 spiro atoms. The Hall–Kier alpha value is -0.780. The van der Waals surface area contributed by atoms with Gasteiger partial charge in [-0.2, -0.15) is 13.2 Å². The third-order valence-corrected chi connectivity index (χ3v) is 3.99. The number of rotatable bonds is 2. The van der Waals surface area contributed by atoms with Crippen molar-refractivity contribution in [3.05, 3.63) is 0 Å². The average molecular weight is 265 g/mol. The van der Waals surface area contributed by atoms with Gasteiger partial charge in [0.05, 0.1) is 5.41 Å². The summed E-state index contributed by atoms with van der Waals surface area (Å²) in [7, 11) is 0. The average Bonchev–Trinajstić information content (AvgIpc) is 1.91. The lowest BCUT2D eigenvalue weighted by atomic mass is 9.33. The molecule has 0 saturated heterocycles. The minimum atomic E-state index is -4.18. The predicted molar refractivity (Wildman–Crippen MR) is 58.6 cm³/mol. The van der Waals surface area contributed by atoms with E-state index in [1.54, 1.807) is 20.8 Å². The molecule has 3 rings (SSSR count). The standard InChI is InChI=1S/C12H18F3NO2/c1-9(2,3)18-8(17)7(16)10-4-11(5-10,6-10)12(13,14)15/h7H,4-6,16H2,1-3H3. The first-order chi connectivity index (χ1) is 7.91. The number of esters is 1. The van der Waals surface area contributed by atoms with Gasteiger partial charge in [-0.3, -0.25) is 4.79 Å². The molecule has 2 bridgehead atoms. The molecular formula is C12H18F3NO2. The molecule has 3 aliphatic rings. The molecule has 3 nitrogen and oxygen atoms in total. The quantitative estimate of drug-likeness (QED) is 0.780. The Morgan fingerprint density at radius 1 is 1.22 bits per heavy atom. The fraction of sp³-hybridized carbons (Fsp3) is 0.917. The van der Waals surface area contributed by atoms with Crippen molar-refractivity contribution in [2.45, 2.75) is 57.9 Å². The van der Waals surface area contributed by atoms with Crippen molar-refractivity contribution in [3.8, 4) is 0 Å². The third-order valence-electron chi connectivity index (χ3n) is 3.99. The molecule has 3 aliphatic carbocycles. The first-order valence-electron chi connectivity index (χ1n) is 5.96. The smallest absolute Gasteiger partial charge is 0.394 e. The van der Waals surface area contributed by atoms with Gasteiger partial charge in [-0.1, -0.05) is 0 Å². The van der Waals surface area contributed by atoms with Gasteiger partial charge in [-0.05, 0) is 45.4 Å². The van der Waals surface area contributed by atoms with Gasteiger partial charge in [0.1, 0.15) is 11.6 Å². The Kier molecular flexibility index (Phi) is 2.58. The Morgan fingerprint density at radius 2 is 1.67 bits per heavy atom. The van der Waals surface area contributed by atoms with Gasteiger partial charge in [0.25, 0.3) is 0 Å². The van der Waals surface area contributed by atoms with Crippen LogP contribution >= 0.6 is 0 Å². The van der Waals surface area contributed by atoms with Gasteiger partial charge < -0.3 is 10.5 Å². The number of alkyl halides is 3. The van der Waals surface area contributed by atoms with Crippen LogP contribution in [0.25, 0.3) is 0 Å². The number of carbonyl (C=O) groups is 1. The van der Waals surface area contributed by atoms with Crippen molar-refractivity contribution >= 4 is 5.97 Å². The lowest BCUT2D eigenvalue weighted by molar-refractivity contribution is -0.366. The van der Waals surface area contributed by atoms with E-state index < -0.39 is 34.6 Å². The molecule has 0 radical (unpaired) electrons. The summed E-state index contributed by atoms with van der Waals surface area (Å²) in [6, 6.07) is -0.944. The van der Waals surface area contributed by atoms with Crippen LogP contribution in [-0.2, 0) is 9.53 Å². The van der Waals surface area contributed by atoms with Crippen molar-refractivity contribution in [1.82, 2.24) is 0 Å². The van der Waals surface area contributed by atoms with Crippen molar-refractivity contribution < 1.29 is 22.7 Å². The van der Waals surface area contributed by atoms with Gasteiger partial charge in [0, 0.05) is 0 Å². The maximum atomic E-state index is 12.7. The van der Waals surface area contributed by atoms with Crippen LogP contribution in [0.15, 0.2) is 0 Å². The van der Waals surface area contributed by atoms with E-state index in [0.29, 0.717) is 0 Å². The summed E-state index contributed by atoms with van der Waals surface area (Å²) in [5.41, 5.74) is 2.84. The predicted octanol–water partition coefficient (Wildman–Crippen LogP) is 2.39. The Morgan fingerprint density at radius 3 is 2.00 bits per heavy atom. The van der Waals surface area contributed by atoms with Crippen LogP contribution in [-0.4, -0.2) is 23.8 Å². The molecule has 0 aromatic carbocycles. The lowest BCUT2D eigenvalue weighted by Crippen LogP contribution is -2.75. The third kappa shape index (κ3) is 1.81. The minimum absolute atomic E-state index is 0.0378. The van der Waals surface area contributed by atoms with Gasteiger partial charge in [-0.25, -0.2) is 0 Å². The van der Waals surface area contributed by atoms with E-state index >= 15 is 0 Å². The SMILES string of the molecule is CC(C)(C)OC(=O)C(N)C12CC(C(F)(F)F)(C1)C2. The van der Waals surface area contributed by atoms with Crippen molar-refractivity contribution in [2.75, 3.05) is 0 Å². The van der Waals surface area contributed by atoms with Crippen molar-refractivity contribution in [3.63, 3.8) is 0 Å². The minimum Gasteiger partial charge on any atom is -0.459 e. The van der Waals surface area contributed by atoms with Gasteiger partial charge >= 0.3 is 12.1 Å². The number of hydrogen-bond donors (Lipinski definition) is 1. The summed E-state index contributed by atoms with van der Waals surface area (Å²) in [6.45, 7) is 5.12. The highest BCUT2D eigenvalue weighted by atomic mass is 19.4. The van der Waals surface area contributed by atoms with Gasteiger partial charge in [0.15, 0.2) is 0 Å². The highest BCUT2D eigenvalue weighted by molar-refractivity contribution is 5.78. The second kappa shape index (κ2) is 3.40. The maximum absolute atomic E-state index is 12.7. The van der Waals surface area contributed by atoms with Crippen LogP contribution in [0.5, 0.6) is 0 Å². The molecule has 6 heteroatoms. The fourth-order valence-electron chi connectivity index (χ4n) is 3.11. The first kappa shape index (κ1) is 13.6. The topological polar surface area (TPSA) is 52.3 Å². The van der Waals surface area contributed by atoms with E-state index in [0.717, 1.165) is 0 Å². The lowest BCUT2D eigenvalue weighted by Gasteiger charge is -2.71. The largest absolute Gasteiger partial charge is 0.459 e. The molecule has 1 unspecified atom stereocenters. The van der Waals surface area contributed by atoms with Crippen molar-refractivity contribution in [2.24, 2.45) is 16.6 Å². The Bertz CT molecular complexity index is 364. The zero-order valence-electron chi connectivity index (χ0n) is 10.7. The van der Waals surface area contributed by atoms with Crippen LogP contribution in [0, 0.1) is 10.8 Å². The molecule has 2 N–H and O–H groups in total. The molecule has 0 amide bonds. The van der Waals surface area contributed by atoms with E-state index in [9.17, 15) is 18.0 Å².